The molecule has 0 saturated heterocycles. The third kappa shape index (κ3) is 6.75. The first-order valence-corrected chi connectivity index (χ1v) is 7.96. The van der Waals surface area contributed by atoms with Crippen molar-refractivity contribution in [3.63, 3.8) is 0 Å². The van der Waals surface area contributed by atoms with Crippen LogP contribution in [0.5, 0.6) is 0 Å². The molecular formula is C16H34N2. The first-order chi connectivity index (χ1) is 8.59. The van der Waals surface area contributed by atoms with Crippen LogP contribution in [-0.4, -0.2) is 38.1 Å². The summed E-state index contributed by atoms with van der Waals surface area (Å²) in [7, 11) is 4.42. The molecule has 0 spiro atoms. The van der Waals surface area contributed by atoms with Crippen LogP contribution in [0.25, 0.3) is 0 Å². The van der Waals surface area contributed by atoms with Crippen molar-refractivity contribution in [1.29, 1.82) is 0 Å². The third-order valence-corrected chi connectivity index (χ3v) is 4.26. The number of nitrogens with one attached hydrogen (secondary N) is 1. The molecule has 1 aliphatic rings. The van der Waals surface area contributed by atoms with Gasteiger partial charge in [0.25, 0.3) is 0 Å². The van der Waals surface area contributed by atoms with Crippen LogP contribution in [0.1, 0.15) is 58.8 Å². The summed E-state index contributed by atoms with van der Waals surface area (Å²) in [6, 6.07) is 0.691. The molecule has 1 rings (SSSR count). The second kappa shape index (κ2) is 8.92. The van der Waals surface area contributed by atoms with E-state index in [1.54, 1.807) is 0 Å². The summed E-state index contributed by atoms with van der Waals surface area (Å²) in [6.45, 7) is 7.04. The summed E-state index contributed by atoms with van der Waals surface area (Å²) in [5.74, 6) is 1.73. The number of hydrogen-bond donors (Lipinski definition) is 1. The Morgan fingerprint density at radius 3 is 2.17 bits per heavy atom. The monoisotopic (exact) mass is 254 g/mol. The smallest absolute Gasteiger partial charge is 0.0216 e. The Morgan fingerprint density at radius 1 is 1.06 bits per heavy atom. The quantitative estimate of drug-likeness (QED) is 0.699. The lowest BCUT2D eigenvalue weighted by Gasteiger charge is -2.27. The minimum absolute atomic E-state index is 0.691. The van der Waals surface area contributed by atoms with Crippen molar-refractivity contribution in [3.05, 3.63) is 0 Å². The maximum Gasteiger partial charge on any atom is 0.0216 e. The summed E-state index contributed by atoms with van der Waals surface area (Å²) in [5, 5.41) is 3.73. The van der Waals surface area contributed by atoms with E-state index in [0.717, 1.165) is 18.4 Å². The predicted molar refractivity (Wildman–Crippen MR) is 81.0 cm³/mol. The van der Waals surface area contributed by atoms with E-state index in [0.29, 0.717) is 6.04 Å². The van der Waals surface area contributed by atoms with Gasteiger partial charge >= 0.3 is 0 Å². The van der Waals surface area contributed by atoms with Crippen molar-refractivity contribution in [3.8, 4) is 0 Å². The fourth-order valence-electron chi connectivity index (χ4n) is 3.04. The largest absolute Gasteiger partial charge is 0.315 e. The van der Waals surface area contributed by atoms with Crippen LogP contribution in [0.15, 0.2) is 0 Å². The lowest BCUT2D eigenvalue weighted by Crippen LogP contribution is -2.40. The highest BCUT2D eigenvalue weighted by Gasteiger charge is 2.15. The SMILES string of the molecule is CC(C)CC(CNCC1CCCCCC1)N(C)C. The van der Waals surface area contributed by atoms with Crippen LogP contribution >= 0.6 is 0 Å². The molecule has 0 aromatic carbocycles. The van der Waals surface area contributed by atoms with Crippen LogP contribution in [0.2, 0.25) is 0 Å². The fourth-order valence-corrected chi connectivity index (χ4v) is 3.04. The van der Waals surface area contributed by atoms with Gasteiger partial charge in [-0.15, -0.1) is 0 Å². The van der Waals surface area contributed by atoms with Gasteiger partial charge in [-0.2, -0.15) is 0 Å². The molecule has 1 atom stereocenters. The molecule has 0 aromatic heterocycles. The van der Waals surface area contributed by atoms with Gasteiger partial charge < -0.3 is 10.2 Å². The zero-order valence-electron chi connectivity index (χ0n) is 13.0. The average molecular weight is 254 g/mol. The molecule has 0 radical (unpaired) electrons. The molecule has 0 aromatic rings. The Kier molecular flexibility index (Phi) is 7.92. The van der Waals surface area contributed by atoms with E-state index in [1.165, 1.54) is 51.5 Å². The summed E-state index contributed by atoms with van der Waals surface area (Å²) in [5.41, 5.74) is 0. The van der Waals surface area contributed by atoms with Crippen molar-refractivity contribution in [2.75, 3.05) is 27.2 Å². The maximum atomic E-state index is 3.73. The van der Waals surface area contributed by atoms with Gasteiger partial charge in [-0.3, -0.25) is 0 Å². The highest BCUT2D eigenvalue weighted by atomic mass is 15.1. The van der Waals surface area contributed by atoms with E-state index in [-0.39, 0.29) is 0 Å². The highest BCUT2D eigenvalue weighted by Crippen LogP contribution is 2.22. The highest BCUT2D eigenvalue weighted by molar-refractivity contribution is 4.73. The number of likely N-dealkylation sites (N-methyl/N-ethyl adjacent to an activating group) is 1. The summed E-state index contributed by atoms with van der Waals surface area (Å²) >= 11 is 0. The van der Waals surface area contributed by atoms with Crippen LogP contribution in [0, 0.1) is 11.8 Å². The van der Waals surface area contributed by atoms with Gasteiger partial charge in [-0.1, -0.05) is 39.5 Å². The van der Waals surface area contributed by atoms with E-state index in [2.05, 4.69) is 38.2 Å². The van der Waals surface area contributed by atoms with E-state index < -0.39 is 0 Å². The van der Waals surface area contributed by atoms with Gasteiger partial charge in [0.15, 0.2) is 0 Å². The van der Waals surface area contributed by atoms with Gasteiger partial charge in [-0.25, -0.2) is 0 Å². The molecule has 1 aliphatic carbocycles. The maximum absolute atomic E-state index is 3.73. The van der Waals surface area contributed by atoms with Crippen LogP contribution < -0.4 is 5.32 Å². The molecule has 2 heteroatoms. The molecule has 0 aliphatic heterocycles. The Bertz CT molecular complexity index is 193. The Labute approximate surface area is 115 Å². The van der Waals surface area contributed by atoms with Crippen LogP contribution in [0.3, 0.4) is 0 Å². The second-order valence-electron chi connectivity index (χ2n) is 6.76. The lowest BCUT2D eigenvalue weighted by molar-refractivity contribution is 0.242. The molecule has 2 nitrogen and oxygen atoms in total. The summed E-state index contributed by atoms with van der Waals surface area (Å²) in [6.07, 6.45) is 10.0. The zero-order chi connectivity index (χ0) is 13.4. The fraction of sp³-hybridized carbons (Fsp3) is 1.00. The van der Waals surface area contributed by atoms with Crippen molar-refractivity contribution < 1.29 is 0 Å². The molecule has 18 heavy (non-hydrogen) atoms. The van der Waals surface area contributed by atoms with Crippen molar-refractivity contribution >= 4 is 0 Å². The Hall–Kier alpha value is -0.0800. The lowest BCUT2D eigenvalue weighted by atomic mass is 9.99. The van der Waals surface area contributed by atoms with Crippen LogP contribution in [-0.2, 0) is 0 Å². The van der Waals surface area contributed by atoms with Gasteiger partial charge in [0.1, 0.15) is 0 Å². The molecule has 0 bridgehead atoms. The first-order valence-electron chi connectivity index (χ1n) is 7.96. The van der Waals surface area contributed by atoms with E-state index in [9.17, 15) is 0 Å². The van der Waals surface area contributed by atoms with E-state index in [4.69, 9.17) is 0 Å². The van der Waals surface area contributed by atoms with Crippen molar-refractivity contribution in [2.45, 2.75) is 64.8 Å². The molecule has 108 valence electrons. The van der Waals surface area contributed by atoms with Crippen molar-refractivity contribution in [2.24, 2.45) is 11.8 Å². The van der Waals surface area contributed by atoms with E-state index >= 15 is 0 Å². The molecule has 1 unspecified atom stereocenters. The average Bonchev–Trinajstić information content (AvgIpc) is 2.55. The minimum Gasteiger partial charge on any atom is -0.315 e. The molecule has 1 saturated carbocycles. The van der Waals surface area contributed by atoms with Gasteiger partial charge in [0.05, 0.1) is 0 Å². The number of rotatable bonds is 7. The molecule has 1 fully saturated rings. The minimum atomic E-state index is 0.691. The predicted octanol–water partition coefficient (Wildman–Crippen LogP) is 3.52. The van der Waals surface area contributed by atoms with Crippen LogP contribution in [0.4, 0.5) is 0 Å². The zero-order valence-corrected chi connectivity index (χ0v) is 13.0. The molecule has 0 heterocycles. The number of nitrogens with zero attached hydrogens (tertiary/aromatic N) is 1. The summed E-state index contributed by atoms with van der Waals surface area (Å²) < 4.78 is 0. The molecule has 0 amide bonds. The molecular weight excluding hydrogens is 220 g/mol. The number of hydrogen-bond acceptors (Lipinski definition) is 2. The third-order valence-electron chi connectivity index (χ3n) is 4.26. The summed E-state index contributed by atoms with van der Waals surface area (Å²) in [4.78, 5) is 2.38. The van der Waals surface area contributed by atoms with Gasteiger partial charge in [-0.05, 0) is 51.7 Å². The first kappa shape index (κ1) is 16.0. The normalized spacial score (nSPS) is 20.3. The standard InChI is InChI=1S/C16H34N2/c1-14(2)11-16(18(3)4)13-17-12-15-9-7-5-6-8-10-15/h14-17H,5-13H2,1-4H3. The Morgan fingerprint density at radius 2 is 1.67 bits per heavy atom. The topological polar surface area (TPSA) is 15.3 Å². The Balaban J connectivity index is 2.20. The van der Waals surface area contributed by atoms with Gasteiger partial charge in [0, 0.05) is 12.6 Å². The van der Waals surface area contributed by atoms with Gasteiger partial charge in [0.2, 0.25) is 0 Å². The second-order valence-corrected chi connectivity index (χ2v) is 6.76. The molecule has 1 N–H and O–H groups in total. The van der Waals surface area contributed by atoms with Crippen molar-refractivity contribution in [1.82, 2.24) is 10.2 Å². The van der Waals surface area contributed by atoms with E-state index in [1.807, 2.05) is 0 Å².